The number of hydrogen-bond donors (Lipinski definition) is 1. The van der Waals surface area contributed by atoms with Gasteiger partial charge in [-0.1, -0.05) is 0 Å². The summed E-state index contributed by atoms with van der Waals surface area (Å²) in [6.07, 6.45) is 0. The highest BCUT2D eigenvalue weighted by Crippen LogP contribution is 1.73. The predicted octanol–water partition coefficient (Wildman–Crippen LogP) is 0.923. The number of aliphatic hydroxyl groups is 1. The molecule has 0 aromatic rings. The highest BCUT2D eigenvalue weighted by molar-refractivity contribution is 6.40. The first-order valence-corrected chi connectivity index (χ1v) is 2.86. The molecule has 0 fully saturated rings. The van der Waals surface area contributed by atoms with Crippen LogP contribution in [-0.4, -0.2) is 29.5 Å². The molecule has 4 nitrogen and oxygen atoms in total. The Morgan fingerprint density at radius 3 is 1.56 bits per heavy atom. The average Bonchev–Trinajstić information content (AvgIpc) is 1.71. The van der Waals surface area contributed by atoms with Crippen molar-refractivity contribution < 1.29 is 10.0 Å². The summed E-state index contributed by atoms with van der Waals surface area (Å²) in [5.41, 5.74) is 0. The number of nitrogens with zero attached hydrogens (tertiary/aromatic N) is 1. The Balaban J connectivity index is -0.0000000646. The zero-order valence-corrected chi connectivity index (χ0v) is 6.69. The second kappa shape index (κ2) is 24.6. The van der Waals surface area contributed by atoms with Crippen LogP contribution in [0.25, 0.3) is 0 Å². The summed E-state index contributed by atoms with van der Waals surface area (Å²) >= 11 is 9.53. The molecule has 0 bridgehead atoms. The molecule has 0 atom stereocenters. The van der Waals surface area contributed by atoms with Gasteiger partial charge in [0.2, 0.25) is 0 Å². The maximum atomic E-state index is 8.81. The van der Waals surface area contributed by atoms with Crippen molar-refractivity contribution in [2.24, 2.45) is 0 Å². The van der Waals surface area contributed by atoms with Gasteiger partial charge < -0.3 is 5.11 Å². The maximum absolute atomic E-state index is 8.81. The van der Waals surface area contributed by atoms with Crippen LogP contribution < -0.4 is 0 Å². The standard InChI is InChI=1S/CH2Cl2.CH3NO2.CH4O/c2-1-3;1-2(3)4;1-2/h1H2;1H3;2H,1H3. The Morgan fingerprint density at radius 1 is 1.56 bits per heavy atom. The molecule has 0 aliphatic carbocycles. The molecule has 1 N–H and O–H groups in total. The number of nitro groups is 1. The van der Waals surface area contributed by atoms with Crippen LogP contribution in [0.3, 0.4) is 0 Å². The first-order valence-electron chi connectivity index (χ1n) is 1.79. The van der Waals surface area contributed by atoms with E-state index >= 15 is 0 Å². The predicted molar refractivity (Wildman–Crippen MR) is 37.6 cm³/mol. The van der Waals surface area contributed by atoms with E-state index in [9.17, 15) is 0 Å². The summed E-state index contributed by atoms with van der Waals surface area (Å²) in [6, 6.07) is 0. The Morgan fingerprint density at radius 2 is 1.56 bits per heavy atom. The lowest BCUT2D eigenvalue weighted by Gasteiger charge is -1.63. The normalized spacial score (nSPS) is 5.44. The summed E-state index contributed by atoms with van der Waals surface area (Å²) in [5, 5.41) is 16.0. The third kappa shape index (κ3) is 77800. The van der Waals surface area contributed by atoms with Gasteiger partial charge in [0.15, 0.2) is 7.05 Å². The highest BCUT2D eigenvalue weighted by atomic mass is 35.5. The fourth-order valence-electron chi connectivity index (χ4n) is 0. The van der Waals surface area contributed by atoms with Gasteiger partial charge in [-0.3, -0.25) is 10.1 Å². The van der Waals surface area contributed by atoms with Crippen molar-refractivity contribution in [2.45, 2.75) is 0 Å². The monoisotopic (exact) mass is 177 g/mol. The minimum Gasteiger partial charge on any atom is -0.400 e. The van der Waals surface area contributed by atoms with Crippen molar-refractivity contribution in [1.29, 1.82) is 0 Å². The van der Waals surface area contributed by atoms with Gasteiger partial charge >= 0.3 is 0 Å². The van der Waals surface area contributed by atoms with Crippen molar-refractivity contribution in [1.82, 2.24) is 0 Å². The van der Waals surface area contributed by atoms with Crippen LogP contribution in [0.5, 0.6) is 0 Å². The van der Waals surface area contributed by atoms with E-state index in [0.717, 1.165) is 14.2 Å². The van der Waals surface area contributed by atoms with Crippen LogP contribution in [-0.2, 0) is 0 Å². The molecule has 6 heteroatoms. The molecule has 0 aromatic carbocycles. The van der Waals surface area contributed by atoms with E-state index < -0.39 is 4.92 Å². The van der Waals surface area contributed by atoms with Crippen LogP contribution in [0.2, 0.25) is 0 Å². The lowest BCUT2D eigenvalue weighted by atomic mass is 11.5. The molecule has 0 saturated carbocycles. The van der Waals surface area contributed by atoms with Gasteiger partial charge in [-0.15, -0.1) is 23.2 Å². The van der Waals surface area contributed by atoms with E-state index in [1.165, 1.54) is 0 Å². The highest BCUT2D eigenvalue weighted by Gasteiger charge is 1.57. The molecule has 0 aliphatic rings. The molecular weight excluding hydrogens is 169 g/mol. The molecule has 9 heavy (non-hydrogen) atoms. The number of aliphatic hydroxyl groups excluding tert-OH is 1. The molecule has 0 aromatic heterocycles. The smallest absolute Gasteiger partial charge is 0.194 e. The zero-order chi connectivity index (χ0) is 8.28. The Bertz CT molecular complexity index is 48.3. The summed E-state index contributed by atoms with van der Waals surface area (Å²) in [5.74, 6) is 0. The molecular formula is C3H9Cl2NO3. The van der Waals surface area contributed by atoms with E-state index in [-0.39, 0.29) is 5.34 Å². The van der Waals surface area contributed by atoms with Crippen molar-refractivity contribution in [3.05, 3.63) is 10.1 Å². The molecule has 0 spiro atoms. The number of halogens is 2. The minimum atomic E-state index is -0.500. The van der Waals surface area contributed by atoms with Gasteiger partial charge in [0, 0.05) is 12.0 Å². The van der Waals surface area contributed by atoms with Crippen LogP contribution >= 0.6 is 23.2 Å². The fraction of sp³-hybridized carbons (Fsp3) is 1.00. The molecule has 0 radical (unpaired) electrons. The molecule has 0 saturated heterocycles. The molecule has 0 rings (SSSR count). The van der Waals surface area contributed by atoms with Gasteiger partial charge in [0.1, 0.15) is 0 Å². The molecule has 0 aliphatic heterocycles. The molecule has 58 valence electrons. The maximum Gasteiger partial charge on any atom is 0.194 e. The average molecular weight is 178 g/mol. The Hall–Kier alpha value is -0.0600. The summed E-state index contributed by atoms with van der Waals surface area (Å²) < 4.78 is 0. The van der Waals surface area contributed by atoms with Crippen LogP contribution in [0.15, 0.2) is 0 Å². The van der Waals surface area contributed by atoms with E-state index in [0.29, 0.717) is 0 Å². The Labute approximate surface area is 63.5 Å². The van der Waals surface area contributed by atoms with Crippen LogP contribution in [0, 0.1) is 10.1 Å². The third-order valence-corrected chi connectivity index (χ3v) is 0. The first-order chi connectivity index (χ1) is 4.15. The summed E-state index contributed by atoms with van der Waals surface area (Å²) in [7, 11) is 1.89. The van der Waals surface area contributed by atoms with Crippen molar-refractivity contribution in [3.8, 4) is 0 Å². The van der Waals surface area contributed by atoms with Crippen molar-refractivity contribution >= 4 is 23.2 Å². The molecule has 0 unspecified atom stereocenters. The van der Waals surface area contributed by atoms with E-state index in [2.05, 4.69) is 0 Å². The largest absolute Gasteiger partial charge is 0.400 e. The van der Waals surface area contributed by atoms with Crippen LogP contribution in [0.4, 0.5) is 0 Å². The quantitative estimate of drug-likeness (QED) is 0.340. The second-order valence-electron chi connectivity index (χ2n) is 0.541. The van der Waals surface area contributed by atoms with Gasteiger partial charge in [-0.25, -0.2) is 0 Å². The minimum absolute atomic E-state index is 0.194. The summed E-state index contributed by atoms with van der Waals surface area (Å²) in [6.45, 7) is 0. The fourth-order valence-corrected chi connectivity index (χ4v) is 0. The number of hydrogen-bond acceptors (Lipinski definition) is 3. The van der Waals surface area contributed by atoms with Crippen molar-refractivity contribution in [2.75, 3.05) is 19.5 Å². The second-order valence-corrected chi connectivity index (χ2v) is 1.35. The van der Waals surface area contributed by atoms with Crippen LogP contribution in [0.1, 0.15) is 0 Å². The Kier molecular flexibility index (Phi) is 43.7. The molecule has 0 heterocycles. The molecule has 0 amide bonds. The van der Waals surface area contributed by atoms with E-state index in [4.69, 9.17) is 38.4 Å². The number of alkyl halides is 2. The lowest BCUT2D eigenvalue weighted by Crippen LogP contribution is -1.79. The topological polar surface area (TPSA) is 63.4 Å². The van der Waals surface area contributed by atoms with Gasteiger partial charge in [0.05, 0.1) is 5.34 Å². The van der Waals surface area contributed by atoms with Gasteiger partial charge in [-0.05, 0) is 0 Å². The third-order valence-electron chi connectivity index (χ3n) is 0. The van der Waals surface area contributed by atoms with E-state index in [1.54, 1.807) is 0 Å². The van der Waals surface area contributed by atoms with Gasteiger partial charge in [-0.2, -0.15) is 0 Å². The van der Waals surface area contributed by atoms with E-state index in [1.807, 2.05) is 0 Å². The first kappa shape index (κ1) is 16.0. The zero-order valence-electron chi connectivity index (χ0n) is 5.17. The lowest BCUT2D eigenvalue weighted by molar-refractivity contribution is -0.445. The summed E-state index contributed by atoms with van der Waals surface area (Å²) in [4.78, 5) is 8.31. The SMILES string of the molecule is CO.C[N+](=O)[O-].ClCCl. The van der Waals surface area contributed by atoms with Crippen molar-refractivity contribution in [3.63, 3.8) is 0 Å². The number of rotatable bonds is 0. The van der Waals surface area contributed by atoms with Gasteiger partial charge in [0.25, 0.3) is 0 Å².